The standard InChI is InChI=1S/C31H35FN8O3.C3H4O/c1-19(41)36-21-16-40(17-21)30-13-23(6-9-33-30)43-22-4-5-26(25(32)12-22)38-31-24-14-28(37-20-7-10-39(2)11-8-20)29(42-3)15-27(24)34-18-35-31;1-2-3-4/h4-6,9,12-15,18,20-21,37H,7-8,10-11,16-17H2,1-3H3,(H,36,41)(H,34,35,38);2-3H,1H2. The van der Waals surface area contributed by atoms with Crippen molar-refractivity contribution in [3.63, 3.8) is 0 Å². The Morgan fingerprint density at radius 3 is 2.45 bits per heavy atom. The van der Waals surface area contributed by atoms with Crippen LogP contribution in [0.2, 0.25) is 0 Å². The molecule has 2 saturated heterocycles. The molecule has 13 heteroatoms. The van der Waals surface area contributed by atoms with E-state index in [-0.39, 0.29) is 17.6 Å². The molecular formula is C34H39FN8O4. The molecule has 4 aromatic rings. The fourth-order valence-corrected chi connectivity index (χ4v) is 5.44. The van der Waals surface area contributed by atoms with E-state index in [0.717, 1.165) is 42.8 Å². The molecule has 2 aliphatic rings. The summed E-state index contributed by atoms with van der Waals surface area (Å²) in [5.74, 6) is 2.26. The van der Waals surface area contributed by atoms with Crippen LogP contribution < -0.4 is 30.3 Å². The summed E-state index contributed by atoms with van der Waals surface area (Å²) in [6.07, 6.45) is 6.99. The molecule has 0 aliphatic carbocycles. The lowest BCUT2D eigenvalue weighted by atomic mass is 10.0. The number of aromatic nitrogens is 3. The minimum Gasteiger partial charge on any atom is -0.495 e. The topological polar surface area (TPSA) is 134 Å². The maximum atomic E-state index is 15.3. The molecule has 2 aromatic heterocycles. The number of pyridine rings is 1. The van der Waals surface area contributed by atoms with E-state index in [4.69, 9.17) is 14.3 Å². The van der Waals surface area contributed by atoms with E-state index in [1.165, 1.54) is 25.4 Å². The van der Waals surface area contributed by atoms with Crippen molar-refractivity contribution in [2.75, 3.05) is 55.9 Å². The smallest absolute Gasteiger partial charge is 0.217 e. The summed E-state index contributed by atoms with van der Waals surface area (Å²) in [7, 11) is 3.77. The van der Waals surface area contributed by atoms with Crippen LogP contribution in [0.1, 0.15) is 19.8 Å². The van der Waals surface area contributed by atoms with Gasteiger partial charge >= 0.3 is 0 Å². The van der Waals surface area contributed by atoms with E-state index in [9.17, 15) is 4.79 Å². The first kappa shape index (κ1) is 33.1. The number of amides is 1. The largest absolute Gasteiger partial charge is 0.495 e. The van der Waals surface area contributed by atoms with Crippen LogP contribution in [0.5, 0.6) is 17.2 Å². The number of carbonyl (C=O) groups excluding carboxylic acids is 2. The number of carbonyl (C=O) groups is 2. The number of allylic oxidation sites excluding steroid dienone is 1. The first-order valence-corrected chi connectivity index (χ1v) is 15.3. The van der Waals surface area contributed by atoms with Crippen molar-refractivity contribution in [2.24, 2.45) is 0 Å². The zero-order valence-electron chi connectivity index (χ0n) is 26.7. The van der Waals surface area contributed by atoms with Crippen LogP contribution in [-0.2, 0) is 9.59 Å². The first-order chi connectivity index (χ1) is 22.8. The molecule has 0 unspecified atom stereocenters. The molecule has 2 aromatic carbocycles. The average molecular weight is 643 g/mol. The van der Waals surface area contributed by atoms with Crippen molar-refractivity contribution >= 4 is 46.1 Å². The third-order valence-corrected chi connectivity index (χ3v) is 7.89. The maximum absolute atomic E-state index is 15.3. The van der Waals surface area contributed by atoms with E-state index < -0.39 is 5.82 Å². The second-order valence-electron chi connectivity index (χ2n) is 11.4. The number of halogens is 1. The number of benzene rings is 2. The second-order valence-corrected chi connectivity index (χ2v) is 11.4. The summed E-state index contributed by atoms with van der Waals surface area (Å²) in [4.78, 5) is 37.9. The number of hydrogen-bond donors (Lipinski definition) is 3. The van der Waals surface area contributed by atoms with Gasteiger partial charge in [-0.3, -0.25) is 9.59 Å². The highest BCUT2D eigenvalue weighted by Crippen LogP contribution is 2.35. The van der Waals surface area contributed by atoms with Gasteiger partial charge in [-0.15, -0.1) is 0 Å². The van der Waals surface area contributed by atoms with Gasteiger partial charge in [0.2, 0.25) is 5.91 Å². The Hall–Kier alpha value is -5.30. The van der Waals surface area contributed by atoms with Gasteiger partial charge in [-0.25, -0.2) is 19.3 Å². The molecule has 3 N–H and O–H groups in total. The van der Waals surface area contributed by atoms with Crippen molar-refractivity contribution in [2.45, 2.75) is 31.8 Å². The van der Waals surface area contributed by atoms with Gasteiger partial charge in [-0.05, 0) is 63.3 Å². The van der Waals surface area contributed by atoms with Gasteiger partial charge in [-0.2, -0.15) is 0 Å². The predicted octanol–water partition coefficient (Wildman–Crippen LogP) is 4.91. The van der Waals surface area contributed by atoms with Gasteiger partial charge in [0.15, 0.2) is 0 Å². The lowest BCUT2D eigenvalue weighted by Crippen LogP contribution is -2.59. The third-order valence-electron chi connectivity index (χ3n) is 7.89. The van der Waals surface area contributed by atoms with Gasteiger partial charge in [0.05, 0.1) is 30.0 Å². The SMILES string of the molecule is C=CC=O.COc1cc2ncnc(Nc3ccc(Oc4ccnc(N5CC(NC(C)=O)C5)c4)cc3F)c2cc1NC1CCN(C)CC1. The van der Waals surface area contributed by atoms with Gasteiger partial charge in [0.1, 0.15) is 47.3 Å². The van der Waals surface area contributed by atoms with Crippen molar-refractivity contribution in [3.05, 3.63) is 73.5 Å². The van der Waals surface area contributed by atoms with E-state index >= 15 is 4.39 Å². The molecule has 12 nitrogen and oxygen atoms in total. The number of anilines is 4. The monoisotopic (exact) mass is 642 g/mol. The Balaban J connectivity index is 0.00000103. The molecule has 2 fully saturated rings. The van der Waals surface area contributed by atoms with Crippen LogP contribution in [0.15, 0.2) is 67.6 Å². The highest BCUT2D eigenvalue weighted by Gasteiger charge is 2.28. The van der Waals surface area contributed by atoms with E-state index in [2.05, 4.69) is 49.4 Å². The summed E-state index contributed by atoms with van der Waals surface area (Å²) < 4.78 is 26.9. The van der Waals surface area contributed by atoms with Gasteiger partial charge < -0.3 is 35.2 Å². The van der Waals surface area contributed by atoms with E-state index in [1.54, 1.807) is 37.6 Å². The number of hydrogen-bond acceptors (Lipinski definition) is 11. The first-order valence-electron chi connectivity index (χ1n) is 15.3. The molecule has 0 saturated carbocycles. The molecular weight excluding hydrogens is 603 g/mol. The summed E-state index contributed by atoms with van der Waals surface area (Å²) in [6.45, 7) is 8.03. The van der Waals surface area contributed by atoms with Gasteiger partial charge in [0, 0.05) is 55.8 Å². The molecule has 47 heavy (non-hydrogen) atoms. The van der Waals surface area contributed by atoms with Crippen molar-refractivity contribution in [1.29, 1.82) is 0 Å². The number of piperidine rings is 1. The molecule has 1 amide bonds. The fraction of sp³-hybridized carbons (Fsp3) is 0.324. The molecule has 6 rings (SSSR count). The fourth-order valence-electron chi connectivity index (χ4n) is 5.44. The Morgan fingerprint density at radius 2 is 1.77 bits per heavy atom. The number of fused-ring (bicyclic) bond motifs is 1. The predicted molar refractivity (Wildman–Crippen MR) is 180 cm³/mol. The van der Waals surface area contributed by atoms with Crippen LogP contribution in [0, 0.1) is 5.82 Å². The lowest BCUT2D eigenvalue weighted by Gasteiger charge is -2.40. The van der Waals surface area contributed by atoms with Gasteiger partial charge in [0.25, 0.3) is 0 Å². The summed E-state index contributed by atoms with van der Waals surface area (Å²) in [5, 5.41) is 10.4. The second kappa shape index (κ2) is 15.3. The molecule has 246 valence electrons. The third kappa shape index (κ3) is 8.50. The van der Waals surface area contributed by atoms with Crippen molar-refractivity contribution in [3.8, 4) is 17.2 Å². The van der Waals surface area contributed by atoms with Crippen LogP contribution in [-0.4, -0.2) is 84.5 Å². The number of nitrogens with one attached hydrogen (secondary N) is 3. The molecule has 2 aliphatic heterocycles. The van der Waals surface area contributed by atoms with Crippen LogP contribution in [0.25, 0.3) is 10.9 Å². The number of nitrogens with zero attached hydrogens (tertiary/aromatic N) is 5. The molecule has 4 heterocycles. The van der Waals surface area contributed by atoms with Crippen LogP contribution in [0.4, 0.5) is 27.4 Å². The lowest BCUT2D eigenvalue weighted by molar-refractivity contribution is -0.119. The molecule has 0 radical (unpaired) electrons. The molecule has 0 spiro atoms. The van der Waals surface area contributed by atoms with Crippen molar-refractivity contribution in [1.82, 2.24) is 25.2 Å². The summed E-state index contributed by atoms with van der Waals surface area (Å²) >= 11 is 0. The Morgan fingerprint density at radius 1 is 1.02 bits per heavy atom. The van der Waals surface area contributed by atoms with Crippen LogP contribution in [0.3, 0.4) is 0 Å². The minimum absolute atomic E-state index is 0.0486. The number of rotatable bonds is 10. The quantitative estimate of drug-likeness (QED) is 0.161. The number of methoxy groups -OCH3 is 1. The zero-order valence-corrected chi connectivity index (χ0v) is 26.7. The van der Waals surface area contributed by atoms with Gasteiger partial charge in [-0.1, -0.05) is 6.58 Å². The number of aldehydes is 1. The maximum Gasteiger partial charge on any atom is 0.217 e. The summed E-state index contributed by atoms with van der Waals surface area (Å²) in [5.41, 5.74) is 1.79. The van der Waals surface area contributed by atoms with Crippen LogP contribution >= 0.6 is 0 Å². The van der Waals surface area contributed by atoms with Crippen molar-refractivity contribution < 1.29 is 23.5 Å². The number of ether oxygens (including phenoxy) is 2. The highest BCUT2D eigenvalue weighted by molar-refractivity contribution is 5.95. The highest BCUT2D eigenvalue weighted by atomic mass is 19.1. The Kier molecular flexibility index (Phi) is 10.8. The normalized spacial score (nSPS) is 15.1. The number of likely N-dealkylation sites (tertiary alicyclic amines) is 1. The van der Waals surface area contributed by atoms with E-state index in [0.29, 0.717) is 54.0 Å². The van der Waals surface area contributed by atoms with E-state index in [1.807, 2.05) is 17.0 Å². The minimum atomic E-state index is -0.488. The molecule has 0 bridgehead atoms. The zero-order chi connectivity index (χ0) is 33.3. The Bertz CT molecular complexity index is 1720. The average Bonchev–Trinajstić information content (AvgIpc) is 3.05. The Labute approximate surface area is 273 Å². The molecule has 0 atom stereocenters. The summed E-state index contributed by atoms with van der Waals surface area (Å²) in [6, 6.07) is 12.4.